The zero-order chi connectivity index (χ0) is 20.7. The molecule has 0 aliphatic rings. The van der Waals surface area contributed by atoms with Gasteiger partial charge in [0.2, 0.25) is 0 Å². The van der Waals surface area contributed by atoms with E-state index in [9.17, 15) is 13.2 Å². The summed E-state index contributed by atoms with van der Waals surface area (Å²) in [4.78, 5) is 16.2. The Labute approximate surface area is 168 Å². The van der Waals surface area contributed by atoms with Crippen molar-refractivity contribution in [2.24, 2.45) is 5.10 Å². The van der Waals surface area contributed by atoms with Crippen LogP contribution in [0.1, 0.15) is 15.9 Å². The van der Waals surface area contributed by atoms with Gasteiger partial charge < -0.3 is 4.74 Å². The number of amides is 1. The zero-order valence-corrected chi connectivity index (χ0v) is 16.3. The molecule has 2 aromatic carbocycles. The van der Waals surface area contributed by atoms with Crippen LogP contribution in [0.5, 0.6) is 5.75 Å². The first-order valence-electron chi connectivity index (χ1n) is 8.49. The number of hydrogen-bond acceptors (Lipinski definition) is 6. The third-order valence-electron chi connectivity index (χ3n) is 3.82. The van der Waals surface area contributed by atoms with Crippen molar-refractivity contribution in [1.82, 2.24) is 10.4 Å². The smallest absolute Gasteiger partial charge is 0.271 e. The lowest BCUT2D eigenvalue weighted by molar-refractivity contribution is 0.0955. The summed E-state index contributed by atoms with van der Waals surface area (Å²) in [6.45, 7) is 0. The van der Waals surface area contributed by atoms with Crippen molar-refractivity contribution in [2.45, 2.75) is 4.90 Å². The maximum atomic E-state index is 12.7. The highest BCUT2D eigenvalue weighted by atomic mass is 32.2. The molecule has 1 aromatic heterocycles. The SMILES string of the molecule is COc1ccccc1NS(=O)(=O)c1cccc(C(=O)N/N=C/c2cccnc2)c1. The molecule has 0 spiro atoms. The molecule has 2 N–H and O–H groups in total. The molecule has 3 rings (SSSR count). The molecule has 0 fully saturated rings. The first-order chi connectivity index (χ1) is 14.0. The number of para-hydroxylation sites is 2. The van der Waals surface area contributed by atoms with E-state index in [-0.39, 0.29) is 10.5 Å². The summed E-state index contributed by atoms with van der Waals surface area (Å²) in [5.74, 6) is -0.158. The molecule has 29 heavy (non-hydrogen) atoms. The van der Waals surface area contributed by atoms with Crippen LogP contribution in [0.4, 0.5) is 5.69 Å². The molecule has 0 radical (unpaired) electrons. The van der Waals surface area contributed by atoms with Gasteiger partial charge in [-0.25, -0.2) is 13.8 Å². The number of anilines is 1. The van der Waals surface area contributed by atoms with Crippen LogP contribution in [0.3, 0.4) is 0 Å². The molecule has 1 amide bonds. The van der Waals surface area contributed by atoms with Crippen molar-refractivity contribution in [1.29, 1.82) is 0 Å². The minimum Gasteiger partial charge on any atom is -0.495 e. The highest BCUT2D eigenvalue weighted by molar-refractivity contribution is 7.92. The van der Waals surface area contributed by atoms with Crippen LogP contribution >= 0.6 is 0 Å². The van der Waals surface area contributed by atoms with Crippen LogP contribution in [-0.2, 0) is 10.0 Å². The fraction of sp³-hybridized carbons (Fsp3) is 0.0500. The maximum absolute atomic E-state index is 12.7. The Kier molecular flexibility index (Phi) is 6.20. The Hall–Kier alpha value is -3.72. The van der Waals surface area contributed by atoms with Gasteiger partial charge >= 0.3 is 0 Å². The number of aromatic nitrogens is 1. The van der Waals surface area contributed by atoms with E-state index in [0.29, 0.717) is 17.0 Å². The molecule has 8 nitrogen and oxygen atoms in total. The average molecular weight is 410 g/mol. The molecule has 148 valence electrons. The van der Waals surface area contributed by atoms with Crippen molar-refractivity contribution < 1.29 is 17.9 Å². The van der Waals surface area contributed by atoms with E-state index in [1.165, 1.54) is 37.6 Å². The second-order valence-electron chi connectivity index (χ2n) is 5.82. The summed E-state index contributed by atoms with van der Waals surface area (Å²) in [5, 5.41) is 3.85. The predicted molar refractivity (Wildman–Crippen MR) is 110 cm³/mol. The molecule has 1 heterocycles. The summed E-state index contributed by atoms with van der Waals surface area (Å²) in [6.07, 6.45) is 4.65. The van der Waals surface area contributed by atoms with Crippen LogP contribution in [0, 0.1) is 0 Å². The lowest BCUT2D eigenvalue weighted by Gasteiger charge is -2.12. The number of carbonyl (C=O) groups excluding carboxylic acids is 1. The minimum absolute atomic E-state index is 0.0627. The van der Waals surface area contributed by atoms with Gasteiger partial charge in [-0.2, -0.15) is 5.10 Å². The van der Waals surface area contributed by atoms with Crippen molar-refractivity contribution in [3.63, 3.8) is 0 Å². The fourth-order valence-electron chi connectivity index (χ4n) is 2.42. The number of nitrogens with one attached hydrogen (secondary N) is 2. The van der Waals surface area contributed by atoms with Gasteiger partial charge in [-0.15, -0.1) is 0 Å². The van der Waals surface area contributed by atoms with Crippen LogP contribution < -0.4 is 14.9 Å². The number of rotatable bonds is 7. The van der Waals surface area contributed by atoms with Crippen LogP contribution in [-0.4, -0.2) is 32.6 Å². The number of benzene rings is 2. The van der Waals surface area contributed by atoms with E-state index < -0.39 is 15.9 Å². The molecule has 3 aromatic rings. The third-order valence-corrected chi connectivity index (χ3v) is 5.19. The number of hydrogen-bond donors (Lipinski definition) is 2. The monoisotopic (exact) mass is 410 g/mol. The predicted octanol–water partition coefficient (Wildman–Crippen LogP) is 2.65. The van der Waals surface area contributed by atoms with Crippen LogP contribution in [0.2, 0.25) is 0 Å². The Balaban J connectivity index is 1.76. The van der Waals surface area contributed by atoms with Gasteiger partial charge in [0.15, 0.2) is 0 Å². The summed E-state index contributed by atoms with van der Waals surface area (Å²) >= 11 is 0. The first-order valence-corrected chi connectivity index (χ1v) is 9.97. The Morgan fingerprint density at radius 1 is 1.10 bits per heavy atom. The molecule has 0 bridgehead atoms. The number of nitrogens with zero attached hydrogens (tertiary/aromatic N) is 2. The number of ether oxygens (including phenoxy) is 1. The largest absolute Gasteiger partial charge is 0.495 e. The zero-order valence-electron chi connectivity index (χ0n) is 15.4. The van der Waals surface area contributed by atoms with Crippen molar-refractivity contribution in [2.75, 3.05) is 11.8 Å². The highest BCUT2D eigenvalue weighted by Gasteiger charge is 2.18. The van der Waals surface area contributed by atoms with Gasteiger partial charge in [-0.3, -0.25) is 14.5 Å². The quantitative estimate of drug-likeness (QED) is 0.460. The van der Waals surface area contributed by atoms with Gasteiger partial charge in [0.1, 0.15) is 5.75 Å². The molecule has 0 unspecified atom stereocenters. The molecule has 9 heteroatoms. The summed E-state index contributed by atoms with van der Waals surface area (Å²) < 4.78 is 33.0. The minimum atomic E-state index is -3.92. The van der Waals surface area contributed by atoms with E-state index >= 15 is 0 Å². The van der Waals surface area contributed by atoms with Crippen molar-refractivity contribution >= 4 is 27.8 Å². The fourth-order valence-corrected chi connectivity index (χ4v) is 3.54. The molecular formula is C20H18N4O4S. The summed E-state index contributed by atoms with van der Waals surface area (Å²) in [6, 6.07) is 15.8. The average Bonchev–Trinajstić information content (AvgIpc) is 2.74. The summed E-state index contributed by atoms with van der Waals surface area (Å²) in [5.41, 5.74) is 3.52. The van der Waals surface area contributed by atoms with E-state index in [4.69, 9.17) is 4.74 Å². The number of methoxy groups -OCH3 is 1. The lowest BCUT2D eigenvalue weighted by atomic mass is 10.2. The molecule has 0 aliphatic heterocycles. The van der Waals surface area contributed by atoms with Gasteiger partial charge in [0.25, 0.3) is 15.9 Å². The first kappa shape index (κ1) is 20.0. The van der Waals surface area contributed by atoms with Gasteiger partial charge in [0.05, 0.1) is 23.9 Å². The number of pyridine rings is 1. The number of carbonyl (C=O) groups is 1. The third kappa shape index (κ3) is 5.17. The highest BCUT2D eigenvalue weighted by Crippen LogP contribution is 2.26. The molecule has 0 atom stereocenters. The van der Waals surface area contributed by atoms with Crippen molar-refractivity contribution in [3.8, 4) is 5.75 Å². The van der Waals surface area contributed by atoms with Crippen LogP contribution in [0.15, 0.2) is 83.1 Å². The number of sulfonamides is 1. The summed E-state index contributed by atoms with van der Waals surface area (Å²) in [7, 11) is -2.47. The maximum Gasteiger partial charge on any atom is 0.271 e. The van der Waals surface area contributed by atoms with Gasteiger partial charge in [0, 0.05) is 23.5 Å². The van der Waals surface area contributed by atoms with E-state index in [0.717, 1.165) is 0 Å². The lowest BCUT2D eigenvalue weighted by Crippen LogP contribution is -2.19. The van der Waals surface area contributed by atoms with Crippen LogP contribution in [0.25, 0.3) is 0 Å². The van der Waals surface area contributed by atoms with E-state index in [1.807, 2.05) is 0 Å². The Morgan fingerprint density at radius 2 is 1.93 bits per heavy atom. The normalized spacial score (nSPS) is 11.2. The van der Waals surface area contributed by atoms with Gasteiger partial charge in [-0.05, 0) is 36.4 Å². The number of hydrazone groups is 1. The van der Waals surface area contributed by atoms with Gasteiger partial charge in [-0.1, -0.05) is 24.3 Å². The Bertz CT molecular complexity index is 1130. The molecule has 0 saturated heterocycles. The standard InChI is InChI=1S/C20H18N4O4S/c1-28-19-10-3-2-9-18(19)24-29(26,27)17-8-4-7-16(12-17)20(25)23-22-14-15-6-5-11-21-13-15/h2-14,24H,1H3,(H,23,25)/b22-14+. The van der Waals surface area contributed by atoms with E-state index in [2.05, 4.69) is 20.2 Å². The Morgan fingerprint density at radius 3 is 2.69 bits per heavy atom. The molecular weight excluding hydrogens is 392 g/mol. The topological polar surface area (TPSA) is 110 Å². The van der Waals surface area contributed by atoms with E-state index in [1.54, 1.807) is 48.8 Å². The molecule has 0 saturated carbocycles. The molecule has 0 aliphatic carbocycles. The van der Waals surface area contributed by atoms with Crippen molar-refractivity contribution in [3.05, 3.63) is 84.2 Å². The second-order valence-corrected chi connectivity index (χ2v) is 7.50. The second kappa shape index (κ2) is 8.98.